The molecule has 0 aliphatic carbocycles. The molecule has 24 heavy (non-hydrogen) atoms. The van der Waals surface area contributed by atoms with E-state index >= 15 is 0 Å². The maximum atomic E-state index is 12.9. The lowest BCUT2D eigenvalue weighted by molar-refractivity contribution is 0.0346. The summed E-state index contributed by atoms with van der Waals surface area (Å²) in [4.78, 5) is 3.85. The minimum absolute atomic E-state index is 0.213. The molecule has 3 aromatic rings. The number of halogens is 2. The molecule has 7 heteroatoms. The van der Waals surface area contributed by atoms with E-state index in [2.05, 4.69) is 10.1 Å². The Balaban J connectivity index is 1.80. The summed E-state index contributed by atoms with van der Waals surface area (Å²) in [5.41, 5.74) is -0.676. The summed E-state index contributed by atoms with van der Waals surface area (Å²) in [6.07, 6.45) is 2.92. The van der Waals surface area contributed by atoms with Crippen LogP contribution in [0.2, 0.25) is 5.02 Å². The highest BCUT2D eigenvalue weighted by molar-refractivity contribution is 6.31. The monoisotopic (exact) mass is 347 g/mol. The SMILES string of the molecule is CC(O)(Cn1cncn1)c1ccc(Oc2ccc(F)cc2)cc1Cl. The highest BCUT2D eigenvalue weighted by atomic mass is 35.5. The van der Waals surface area contributed by atoms with Gasteiger partial charge in [-0.05, 0) is 43.3 Å². The lowest BCUT2D eigenvalue weighted by Crippen LogP contribution is -2.28. The first-order chi connectivity index (χ1) is 11.4. The van der Waals surface area contributed by atoms with Crippen molar-refractivity contribution in [1.29, 1.82) is 0 Å². The van der Waals surface area contributed by atoms with E-state index in [-0.39, 0.29) is 12.4 Å². The Bertz CT molecular complexity index is 820. The highest BCUT2D eigenvalue weighted by Gasteiger charge is 2.27. The van der Waals surface area contributed by atoms with Gasteiger partial charge in [-0.2, -0.15) is 5.10 Å². The van der Waals surface area contributed by atoms with Gasteiger partial charge >= 0.3 is 0 Å². The van der Waals surface area contributed by atoms with Crippen molar-refractivity contribution in [3.63, 3.8) is 0 Å². The van der Waals surface area contributed by atoms with Gasteiger partial charge in [0.25, 0.3) is 0 Å². The second-order valence-corrected chi connectivity index (χ2v) is 5.97. The van der Waals surface area contributed by atoms with E-state index in [4.69, 9.17) is 16.3 Å². The average molecular weight is 348 g/mol. The fraction of sp³-hybridized carbons (Fsp3) is 0.176. The van der Waals surface area contributed by atoms with Crippen molar-refractivity contribution in [2.75, 3.05) is 0 Å². The highest BCUT2D eigenvalue weighted by Crippen LogP contribution is 2.33. The van der Waals surface area contributed by atoms with Crippen molar-refractivity contribution in [2.45, 2.75) is 19.1 Å². The predicted molar refractivity (Wildman–Crippen MR) is 87.5 cm³/mol. The third-order valence-corrected chi connectivity index (χ3v) is 3.82. The van der Waals surface area contributed by atoms with Gasteiger partial charge < -0.3 is 9.84 Å². The molecule has 1 atom stereocenters. The minimum Gasteiger partial charge on any atom is -0.457 e. The molecule has 0 aliphatic rings. The van der Waals surface area contributed by atoms with Gasteiger partial charge in [0.1, 0.15) is 35.6 Å². The van der Waals surface area contributed by atoms with Crippen LogP contribution in [0.4, 0.5) is 4.39 Å². The Morgan fingerprint density at radius 3 is 2.54 bits per heavy atom. The van der Waals surface area contributed by atoms with Gasteiger partial charge in [-0.15, -0.1) is 0 Å². The summed E-state index contributed by atoms with van der Waals surface area (Å²) in [5.74, 6) is 0.654. The van der Waals surface area contributed by atoms with Crippen molar-refractivity contribution < 1.29 is 14.2 Å². The first kappa shape index (κ1) is 16.4. The van der Waals surface area contributed by atoms with Crippen LogP contribution in [0.3, 0.4) is 0 Å². The summed E-state index contributed by atoms with van der Waals surface area (Å²) >= 11 is 6.30. The van der Waals surface area contributed by atoms with Crippen molar-refractivity contribution in [2.24, 2.45) is 0 Å². The lowest BCUT2D eigenvalue weighted by atomic mass is 9.96. The van der Waals surface area contributed by atoms with Crippen molar-refractivity contribution in [3.05, 3.63) is 71.5 Å². The fourth-order valence-electron chi connectivity index (χ4n) is 2.35. The molecular weight excluding hydrogens is 333 g/mol. The summed E-state index contributed by atoms with van der Waals surface area (Å²) in [7, 11) is 0. The zero-order valence-electron chi connectivity index (χ0n) is 12.9. The smallest absolute Gasteiger partial charge is 0.137 e. The molecule has 0 saturated heterocycles. The number of hydrogen-bond donors (Lipinski definition) is 1. The van der Waals surface area contributed by atoms with Crippen LogP contribution in [-0.2, 0) is 12.1 Å². The fourth-order valence-corrected chi connectivity index (χ4v) is 2.72. The quantitative estimate of drug-likeness (QED) is 0.763. The molecule has 0 aliphatic heterocycles. The van der Waals surface area contributed by atoms with Gasteiger partial charge in [0.2, 0.25) is 0 Å². The van der Waals surface area contributed by atoms with Gasteiger partial charge in [0.15, 0.2) is 0 Å². The molecule has 5 nitrogen and oxygen atoms in total. The largest absolute Gasteiger partial charge is 0.457 e. The van der Waals surface area contributed by atoms with E-state index in [0.717, 1.165) is 0 Å². The summed E-state index contributed by atoms with van der Waals surface area (Å²) in [6.45, 7) is 1.86. The van der Waals surface area contributed by atoms with Crippen molar-refractivity contribution >= 4 is 11.6 Å². The molecule has 0 spiro atoms. The van der Waals surface area contributed by atoms with Crippen LogP contribution >= 0.6 is 11.6 Å². The van der Waals surface area contributed by atoms with Crippen molar-refractivity contribution in [3.8, 4) is 11.5 Å². The molecule has 0 amide bonds. The van der Waals surface area contributed by atoms with Gasteiger partial charge in [-0.25, -0.2) is 14.1 Å². The Morgan fingerprint density at radius 1 is 1.21 bits per heavy atom. The number of hydrogen-bond acceptors (Lipinski definition) is 4. The number of aromatic nitrogens is 3. The number of rotatable bonds is 5. The van der Waals surface area contributed by atoms with Gasteiger partial charge in [0.05, 0.1) is 11.6 Å². The summed E-state index contributed by atoms with van der Waals surface area (Å²) in [6, 6.07) is 10.7. The second-order valence-electron chi connectivity index (χ2n) is 5.56. The molecule has 124 valence electrons. The number of nitrogens with zero attached hydrogens (tertiary/aromatic N) is 3. The Morgan fingerprint density at radius 2 is 1.92 bits per heavy atom. The molecule has 2 aromatic carbocycles. The average Bonchev–Trinajstić information content (AvgIpc) is 3.01. The number of benzene rings is 2. The third-order valence-electron chi connectivity index (χ3n) is 3.51. The molecule has 0 radical (unpaired) electrons. The number of aliphatic hydroxyl groups is 1. The van der Waals surface area contributed by atoms with E-state index in [1.165, 1.54) is 41.6 Å². The van der Waals surface area contributed by atoms with Gasteiger partial charge in [-0.3, -0.25) is 0 Å². The maximum Gasteiger partial charge on any atom is 0.137 e. The zero-order chi connectivity index (χ0) is 17.2. The van der Waals surface area contributed by atoms with Crippen LogP contribution in [0.25, 0.3) is 0 Å². The van der Waals surface area contributed by atoms with E-state index in [0.29, 0.717) is 22.1 Å². The van der Waals surface area contributed by atoms with E-state index in [1.54, 1.807) is 25.1 Å². The van der Waals surface area contributed by atoms with E-state index in [9.17, 15) is 9.50 Å². The molecule has 0 saturated carbocycles. The van der Waals surface area contributed by atoms with Crippen LogP contribution in [-0.4, -0.2) is 19.9 Å². The Hall–Kier alpha value is -2.44. The number of ether oxygens (including phenoxy) is 1. The Labute approximate surface area is 143 Å². The molecule has 0 fully saturated rings. The standard InChI is InChI=1S/C17H15ClFN3O2/c1-17(23,9-22-11-20-10-21-22)15-7-6-14(8-16(15)18)24-13-4-2-12(19)3-5-13/h2-8,10-11,23H,9H2,1H3. The van der Waals surface area contributed by atoms with Crippen LogP contribution in [0.15, 0.2) is 55.1 Å². The second kappa shape index (κ2) is 6.59. The summed E-state index contributed by atoms with van der Waals surface area (Å²) in [5, 5.41) is 15.0. The van der Waals surface area contributed by atoms with Crippen LogP contribution in [0, 0.1) is 5.82 Å². The predicted octanol–water partition coefficient (Wildman–Crippen LogP) is 3.77. The molecule has 1 N–H and O–H groups in total. The normalized spacial score (nSPS) is 13.5. The summed E-state index contributed by atoms with van der Waals surface area (Å²) < 4.78 is 20.1. The topological polar surface area (TPSA) is 60.2 Å². The molecule has 1 aromatic heterocycles. The molecule has 1 unspecified atom stereocenters. The van der Waals surface area contributed by atoms with Gasteiger partial charge in [-0.1, -0.05) is 17.7 Å². The zero-order valence-corrected chi connectivity index (χ0v) is 13.6. The molecule has 1 heterocycles. The Kier molecular flexibility index (Phi) is 4.51. The molecule has 3 rings (SSSR count). The molecule has 0 bridgehead atoms. The maximum absolute atomic E-state index is 12.9. The molecular formula is C17H15ClFN3O2. The lowest BCUT2D eigenvalue weighted by Gasteiger charge is -2.25. The first-order valence-corrected chi connectivity index (χ1v) is 7.60. The van der Waals surface area contributed by atoms with Crippen LogP contribution < -0.4 is 4.74 Å². The minimum atomic E-state index is -1.22. The third kappa shape index (κ3) is 3.72. The van der Waals surface area contributed by atoms with E-state index in [1.807, 2.05) is 0 Å². The van der Waals surface area contributed by atoms with Crippen LogP contribution in [0.5, 0.6) is 11.5 Å². The van der Waals surface area contributed by atoms with Crippen molar-refractivity contribution in [1.82, 2.24) is 14.8 Å². The van der Waals surface area contributed by atoms with E-state index < -0.39 is 5.60 Å². The van der Waals surface area contributed by atoms with Gasteiger partial charge in [0, 0.05) is 5.56 Å². The first-order valence-electron chi connectivity index (χ1n) is 7.22. The van der Waals surface area contributed by atoms with Crippen LogP contribution in [0.1, 0.15) is 12.5 Å².